The largest absolute Gasteiger partial charge is 1.00 e. The van der Waals surface area contributed by atoms with Crippen molar-refractivity contribution in [1.82, 2.24) is 0 Å². The van der Waals surface area contributed by atoms with E-state index in [4.69, 9.17) is 4.74 Å². The van der Waals surface area contributed by atoms with Gasteiger partial charge in [0, 0.05) is 0 Å². The Labute approximate surface area is 202 Å². The molecule has 160 valence electrons. The number of hydrogen-bond acceptors (Lipinski definition) is 4. The van der Waals surface area contributed by atoms with Crippen molar-refractivity contribution in [2.75, 3.05) is 0 Å². The summed E-state index contributed by atoms with van der Waals surface area (Å²) < 4.78 is 38.9. The van der Waals surface area contributed by atoms with Gasteiger partial charge in [-0.05, 0) is 30.5 Å². The molecule has 1 N–H and O–H groups in total. The van der Waals surface area contributed by atoms with Crippen LogP contribution in [0.3, 0.4) is 0 Å². The molecule has 0 atom stereocenters. The van der Waals surface area contributed by atoms with Gasteiger partial charge < -0.3 is 9.84 Å². The first-order valence-corrected chi connectivity index (χ1v) is 11.9. The summed E-state index contributed by atoms with van der Waals surface area (Å²) in [7, 11) is -4.69. The van der Waals surface area contributed by atoms with E-state index in [9.17, 15) is 18.1 Å². The Morgan fingerprint density at radius 3 is 2.00 bits per heavy atom. The summed E-state index contributed by atoms with van der Waals surface area (Å²) in [6.45, 7) is 2.21. The number of benzene rings is 2. The normalized spacial score (nSPS) is 11.1. The Morgan fingerprint density at radius 1 is 0.867 bits per heavy atom. The molecule has 0 fully saturated rings. The second kappa shape index (κ2) is 14.1. The fourth-order valence-corrected chi connectivity index (χ4v) is 4.10. The molecule has 0 bridgehead atoms. The molecule has 0 radical (unpaired) electrons. The fourth-order valence-electron chi connectivity index (χ4n) is 3.37. The van der Waals surface area contributed by atoms with Crippen LogP contribution in [0, 0.1) is 0 Å². The molecule has 0 saturated carbocycles. The molecule has 0 aliphatic heterocycles. The molecular formula is C23H31NaO5S. The van der Waals surface area contributed by atoms with Gasteiger partial charge in [0.1, 0.15) is 10.6 Å². The third kappa shape index (κ3) is 8.98. The van der Waals surface area contributed by atoms with Crippen molar-refractivity contribution < 1.29 is 52.4 Å². The van der Waals surface area contributed by atoms with Crippen molar-refractivity contribution in [1.29, 1.82) is 0 Å². The van der Waals surface area contributed by atoms with Crippen molar-refractivity contribution in [3.8, 4) is 17.2 Å². The molecule has 0 spiro atoms. The van der Waals surface area contributed by atoms with Gasteiger partial charge >= 0.3 is 29.6 Å². The van der Waals surface area contributed by atoms with Gasteiger partial charge in [0.2, 0.25) is 0 Å². The van der Waals surface area contributed by atoms with E-state index >= 15 is 0 Å². The zero-order valence-electron chi connectivity index (χ0n) is 18.1. The summed E-state index contributed by atoms with van der Waals surface area (Å²) in [5.41, 5.74) is 0.615. The van der Waals surface area contributed by atoms with Crippen LogP contribution in [0.25, 0.3) is 0 Å². The van der Waals surface area contributed by atoms with Gasteiger partial charge in [-0.15, -0.1) is 0 Å². The molecule has 2 aromatic carbocycles. The number of hydrogen-bond donors (Lipinski definition) is 1. The van der Waals surface area contributed by atoms with Crippen LogP contribution in [0.4, 0.5) is 0 Å². The van der Waals surface area contributed by atoms with Crippen molar-refractivity contribution in [3.63, 3.8) is 0 Å². The van der Waals surface area contributed by atoms with Gasteiger partial charge in [0.25, 0.3) is 10.1 Å². The Morgan fingerprint density at radius 2 is 1.43 bits per heavy atom. The average molecular weight is 443 g/mol. The van der Waals surface area contributed by atoms with E-state index in [2.05, 4.69) is 6.92 Å². The minimum atomic E-state index is -4.69. The number of rotatable bonds is 13. The smallest absolute Gasteiger partial charge is 0.871 e. The van der Waals surface area contributed by atoms with E-state index in [1.54, 1.807) is 30.3 Å². The maximum absolute atomic E-state index is 12.1. The van der Waals surface area contributed by atoms with Crippen LogP contribution in [-0.4, -0.2) is 13.0 Å². The first-order valence-electron chi connectivity index (χ1n) is 10.5. The SMILES string of the molecule is CCCCCCCCCCCc1ccc([O-])c(S(=O)(=O)O)c1Oc1ccccc1.[Na+]. The molecule has 5 nitrogen and oxygen atoms in total. The minimum absolute atomic E-state index is 0. The molecule has 7 heteroatoms. The quantitative estimate of drug-likeness (QED) is 0.293. The molecule has 0 unspecified atom stereocenters. The summed E-state index contributed by atoms with van der Waals surface area (Å²) in [6.07, 6.45) is 11.2. The fraction of sp³-hybridized carbons (Fsp3) is 0.478. The van der Waals surface area contributed by atoms with Gasteiger partial charge in [0.05, 0.1) is 0 Å². The van der Waals surface area contributed by atoms with E-state index < -0.39 is 20.8 Å². The molecular weight excluding hydrogens is 411 g/mol. The third-order valence-corrected chi connectivity index (χ3v) is 5.83. The molecule has 0 aliphatic carbocycles. The van der Waals surface area contributed by atoms with Crippen LogP contribution in [0.2, 0.25) is 0 Å². The van der Waals surface area contributed by atoms with Crippen LogP contribution in [0.1, 0.15) is 70.3 Å². The Kier molecular flexibility index (Phi) is 12.7. The number of aryl methyl sites for hydroxylation is 1. The van der Waals surface area contributed by atoms with E-state index in [1.807, 2.05) is 6.07 Å². The van der Waals surface area contributed by atoms with E-state index in [0.717, 1.165) is 19.3 Å². The summed E-state index contributed by atoms with van der Waals surface area (Å²) >= 11 is 0. The maximum Gasteiger partial charge on any atom is 1.00 e. The van der Waals surface area contributed by atoms with Gasteiger partial charge in [-0.3, -0.25) is 4.55 Å². The second-order valence-electron chi connectivity index (χ2n) is 7.35. The molecule has 2 aromatic rings. The Hall–Kier alpha value is -1.05. The van der Waals surface area contributed by atoms with Gasteiger partial charge in [0.15, 0.2) is 5.75 Å². The Bertz CT molecular complexity index is 853. The minimum Gasteiger partial charge on any atom is -0.871 e. The van der Waals surface area contributed by atoms with E-state index in [0.29, 0.717) is 17.7 Å². The summed E-state index contributed by atoms with van der Waals surface area (Å²) in [5, 5.41) is 12.1. The predicted molar refractivity (Wildman–Crippen MR) is 113 cm³/mol. The monoisotopic (exact) mass is 442 g/mol. The molecule has 2 rings (SSSR count). The van der Waals surface area contributed by atoms with Gasteiger partial charge in [-0.2, -0.15) is 8.42 Å². The molecule has 0 heterocycles. The van der Waals surface area contributed by atoms with Gasteiger partial charge in [-0.25, -0.2) is 0 Å². The number of unbranched alkanes of at least 4 members (excludes halogenated alkanes) is 8. The van der Waals surface area contributed by atoms with Crippen molar-refractivity contribution in [3.05, 3.63) is 48.0 Å². The van der Waals surface area contributed by atoms with Crippen LogP contribution in [0.5, 0.6) is 17.2 Å². The molecule has 0 aromatic heterocycles. The number of ether oxygens (including phenoxy) is 1. The molecule has 0 amide bonds. The summed E-state index contributed by atoms with van der Waals surface area (Å²) in [6, 6.07) is 11.4. The van der Waals surface area contributed by atoms with Crippen LogP contribution in [-0.2, 0) is 16.5 Å². The van der Waals surface area contributed by atoms with E-state index in [-0.39, 0.29) is 35.3 Å². The molecule has 0 aliphatic rings. The van der Waals surface area contributed by atoms with Gasteiger partial charge in [-0.1, -0.05) is 94.4 Å². The standard InChI is InChI=1S/C23H32O5S.Na/c1-2-3-4-5-6-7-8-9-11-14-19-17-18-21(24)23(29(25,26)27)22(19)28-20-15-12-10-13-16-20;/h10,12-13,15-18,24H,2-9,11,14H2,1H3,(H,25,26,27);/q;+1/p-1. The Balaban J connectivity index is 0.00000450. The van der Waals surface area contributed by atoms with Crippen molar-refractivity contribution in [2.45, 2.75) is 76.0 Å². The van der Waals surface area contributed by atoms with Crippen LogP contribution >= 0.6 is 0 Å². The van der Waals surface area contributed by atoms with E-state index in [1.165, 1.54) is 44.6 Å². The first kappa shape index (κ1) is 27.0. The zero-order valence-corrected chi connectivity index (χ0v) is 20.9. The van der Waals surface area contributed by atoms with Crippen molar-refractivity contribution >= 4 is 10.1 Å². The molecule has 30 heavy (non-hydrogen) atoms. The maximum atomic E-state index is 12.1. The van der Waals surface area contributed by atoms with Crippen LogP contribution in [0.15, 0.2) is 47.4 Å². The predicted octanol–water partition coefficient (Wildman–Crippen LogP) is 2.88. The average Bonchev–Trinajstić information content (AvgIpc) is 2.68. The number of para-hydroxylation sites is 1. The first-order chi connectivity index (χ1) is 13.9. The summed E-state index contributed by atoms with van der Waals surface area (Å²) in [4.78, 5) is -0.685. The van der Waals surface area contributed by atoms with Crippen molar-refractivity contribution in [2.24, 2.45) is 0 Å². The second-order valence-corrected chi connectivity index (χ2v) is 8.71. The third-order valence-electron chi connectivity index (χ3n) is 4.93. The summed E-state index contributed by atoms with van der Waals surface area (Å²) in [5.74, 6) is -0.420. The zero-order chi connectivity index (χ0) is 21.1. The topological polar surface area (TPSA) is 86.7 Å². The molecule has 0 saturated heterocycles. The van der Waals surface area contributed by atoms with Crippen LogP contribution < -0.4 is 39.4 Å².